The summed E-state index contributed by atoms with van der Waals surface area (Å²) >= 11 is 0. The molecule has 1 fully saturated rings. The van der Waals surface area contributed by atoms with Crippen molar-refractivity contribution in [3.63, 3.8) is 0 Å². The number of hydrogen-bond donors (Lipinski definition) is 2. The standard InChI is InChI=1S/C11H15NO2/c13-10-3-1-2-9(6-10)4-5-14-11-7-12-8-11/h1-3,6,11-13H,4-5,7-8H2. The zero-order valence-electron chi connectivity index (χ0n) is 8.07. The summed E-state index contributed by atoms with van der Waals surface area (Å²) in [5.41, 5.74) is 1.12. The molecule has 2 N–H and O–H groups in total. The van der Waals surface area contributed by atoms with Crippen molar-refractivity contribution in [2.75, 3.05) is 19.7 Å². The molecule has 1 aliphatic rings. The van der Waals surface area contributed by atoms with E-state index in [0.717, 1.165) is 31.7 Å². The molecule has 2 rings (SSSR count). The van der Waals surface area contributed by atoms with Crippen molar-refractivity contribution in [2.24, 2.45) is 0 Å². The topological polar surface area (TPSA) is 41.5 Å². The average Bonchev–Trinajstić information content (AvgIpc) is 2.09. The molecule has 3 nitrogen and oxygen atoms in total. The van der Waals surface area contributed by atoms with Gasteiger partial charge in [0.15, 0.2) is 0 Å². The Balaban J connectivity index is 1.74. The normalized spacial score (nSPS) is 16.6. The van der Waals surface area contributed by atoms with Gasteiger partial charge in [0.25, 0.3) is 0 Å². The lowest BCUT2D eigenvalue weighted by molar-refractivity contribution is 0.0208. The number of ether oxygens (including phenoxy) is 1. The third-order valence-corrected chi connectivity index (χ3v) is 2.40. The van der Waals surface area contributed by atoms with E-state index in [2.05, 4.69) is 5.32 Å². The number of aromatic hydroxyl groups is 1. The Labute approximate surface area is 83.7 Å². The molecule has 0 aromatic heterocycles. The van der Waals surface area contributed by atoms with E-state index in [1.54, 1.807) is 12.1 Å². The Morgan fingerprint density at radius 3 is 2.93 bits per heavy atom. The first-order chi connectivity index (χ1) is 6.84. The SMILES string of the molecule is Oc1cccc(CCOC2CNC2)c1. The van der Waals surface area contributed by atoms with Gasteiger partial charge in [0.05, 0.1) is 12.7 Å². The zero-order chi connectivity index (χ0) is 9.80. The highest BCUT2D eigenvalue weighted by atomic mass is 16.5. The molecule has 1 heterocycles. The Bertz CT molecular complexity index is 297. The van der Waals surface area contributed by atoms with Crippen LogP contribution in [0.5, 0.6) is 5.75 Å². The first-order valence-corrected chi connectivity index (χ1v) is 4.95. The van der Waals surface area contributed by atoms with Gasteiger partial charge in [0.2, 0.25) is 0 Å². The van der Waals surface area contributed by atoms with Crippen LogP contribution in [0.1, 0.15) is 5.56 Å². The Hall–Kier alpha value is -1.06. The summed E-state index contributed by atoms with van der Waals surface area (Å²) in [6.07, 6.45) is 1.26. The summed E-state index contributed by atoms with van der Waals surface area (Å²) in [5, 5.41) is 12.4. The highest BCUT2D eigenvalue weighted by molar-refractivity contribution is 5.27. The molecule has 76 valence electrons. The smallest absolute Gasteiger partial charge is 0.115 e. The number of rotatable bonds is 4. The van der Waals surface area contributed by atoms with Crippen molar-refractivity contribution in [1.82, 2.24) is 5.32 Å². The van der Waals surface area contributed by atoms with E-state index < -0.39 is 0 Å². The second kappa shape index (κ2) is 4.44. The summed E-state index contributed by atoms with van der Waals surface area (Å²) in [6.45, 7) is 2.68. The molecule has 0 amide bonds. The highest BCUT2D eigenvalue weighted by Gasteiger charge is 2.16. The third kappa shape index (κ3) is 2.47. The number of nitrogens with one attached hydrogen (secondary N) is 1. The maximum Gasteiger partial charge on any atom is 0.115 e. The lowest BCUT2D eigenvalue weighted by Gasteiger charge is -2.27. The van der Waals surface area contributed by atoms with Gasteiger partial charge in [0.1, 0.15) is 5.75 Å². The molecule has 0 radical (unpaired) electrons. The minimum Gasteiger partial charge on any atom is -0.508 e. The minimum absolute atomic E-state index is 0.327. The van der Waals surface area contributed by atoms with Crippen molar-refractivity contribution in [3.05, 3.63) is 29.8 Å². The van der Waals surface area contributed by atoms with E-state index in [9.17, 15) is 5.11 Å². The fraction of sp³-hybridized carbons (Fsp3) is 0.455. The molecule has 1 aromatic carbocycles. The molecular weight excluding hydrogens is 178 g/mol. The van der Waals surface area contributed by atoms with E-state index in [0.29, 0.717) is 11.9 Å². The lowest BCUT2D eigenvalue weighted by atomic mass is 10.1. The predicted octanol–water partition coefficient (Wildman–Crippen LogP) is 0.923. The largest absolute Gasteiger partial charge is 0.508 e. The van der Waals surface area contributed by atoms with Gasteiger partial charge in [-0.15, -0.1) is 0 Å². The minimum atomic E-state index is 0.327. The van der Waals surface area contributed by atoms with Gasteiger partial charge in [0, 0.05) is 13.1 Å². The monoisotopic (exact) mass is 193 g/mol. The summed E-state index contributed by atoms with van der Waals surface area (Å²) in [4.78, 5) is 0. The van der Waals surface area contributed by atoms with Crippen molar-refractivity contribution in [2.45, 2.75) is 12.5 Å². The first kappa shape index (κ1) is 9.49. The third-order valence-electron chi connectivity index (χ3n) is 2.40. The van der Waals surface area contributed by atoms with E-state index in [-0.39, 0.29) is 0 Å². The number of hydrogen-bond acceptors (Lipinski definition) is 3. The van der Waals surface area contributed by atoms with E-state index in [1.807, 2.05) is 12.1 Å². The van der Waals surface area contributed by atoms with Gasteiger partial charge >= 0.3 is 0 Å². The second-order valence-corrected chi connectivity index (χ2v) is 3.57. The fourth-order valence-corrected chi connectivity index (χ4v) is 1.44. The van der Waals surface area contributed by atoms with Gasteiger partial charge < -0.3 is 15.2 Å². The quantitative estimate of drug-likeness (QED) is 0.747. The number of benzene rings is 1. The highest BCUT2D eigenvalue weighted by Crippen LogP contribution is 2.11. The molecule has 0 bridgehead atoms. The molecule has 0 saturated carbocycles. The van der Waals surface area contributed by atoms with Crippen LogP contribution in [0.2, 0.25) is 0 Å². The molecule has 0 aliphatic carbocycles. The molecule has 1 saturated heterocycles. The maximum atomic E-state index is 9.23. The Morgan fingerprint density at radius 1 is 1.43 bits per heavy atom. The van der Waals surface area contributed by atoms with Crippen LogP contribution in [-0.2, 0) is 11.2 Å². The van der Waals surface area contributed by atoms with Gasteiger partial charge in [-0.3, -0.25) is 0 Å². The lowest BCUT2D eigenvalue weighted by Crippen LogP contribution is -2.48. The molecule has 3 heteroatoms. The van der Waals surface area contributed by atoms with Crippen molar-refractivity contribution >= 4 is 0 Å². The summed E-state index contributed by atoms with van der Waals surface area (Å²) in [6, 6.07) is 7.32. The van der Waals surface area contributed by atoms with Gasteiger partial charge in [-0.1, -0.05) is 12.1 Å². The summed E-state index contributed by atoms with van der Waals surface area (Å²) in [7, 11) is 0. The van der Waals surface area contributed by atoms with Crippen LogP contribution >= 0.6 is 0 Å². The van der Waals surface area contributed by atoms with Crippen LogP contribution in [0.25, 0.3) is 0 Å². The van der Waals surface area contributed by atoms with Crippen molar-refractivity contribution < 1.29 is 9.84 Å². The Morgan fingerprint density at radius 2 is 2.29 bits per heavy atom. The average molecular weight is 193 g/mol. The summed E-state index contributed by atoms with van der Waals surface area (Å²) in [5.74, 6) is 0.327. The zero-order valence-corrected chi connectivity index (χ0v) is 8.07. The maximum absolute atomic E-state index is 9.23. The second-order valence-electron chi connectivity index (χ2n) is 3.57. The van der Waals surface area contributed by atoms with Gasteiger partial charge in [-0.25, -0.2) is 0 Å². The predicted molar refractivity (Wildman–Crippen MR) is 54.4 cm³/mol. The van der Waals surface area contributed by atoms with Gasteiger partial charge in [-0.2, -0.15) is 0 Å². The van der Waals surface area contributed by atoms with Crippen LogP contribution < -0.4 is 5.32 Å². The molecule has 0 unspecified atom stereocenters. The van der Waals surface area contributed by atoms with Crippen LogP contribution in [0.4, 0.5) is 0 Å². The number of phenols is 1. The van der Waals surface area contributed by atoms with Crippen molar-refractivity contribution in [3.8, 4) is 5.75 Å². The van der Waals surface area contributed by atoms with Crippen LogP contribution in [0.15, 0.2) is 24.3 Å². The molecular formula is C11H15NO2. The van der Waals surface area contributed by atoms with Crippen LogP contribution in [0, 0.1) is 0 Å². The first-order valence-electron chi connectivity index (χ1n) is 4.95. The van der Waals surface area contributed by atoms with Gasteiger partial charge in [-0.05, 0) is 24.1 Å². The van der Waals surface area contributed by atoms with E-state index in [4.69, 9.17) is 4.74 Å². The number of phenolic OH excluding ortho intramolecular Hbond substituents is 1. The molecule has 0 spiro atoms. The Kier molecular flexibility index (Phi) is 3.01. The van der Waals surface area contributed by atoms with E-state index >= 15 is 0 Å². The van der Waals surface area contributed by atoms with Crippen LogP contribution in [-0.4, -0.2) is 30.9 Å². The molecule has 1 aliphatic heterocycles. The summed E-state index contributed by atoms with van der Waals surface area (Å²) < 4.78 is 5.58. The molecule has 1 aromatic rings. The fourth-order valence-electron chi connectivity index (χ4n) is 1.44. The van der Waals surface area contributed by atoms with Crippen LogP contribution in [0.3, 0.4) is 0 Å². The van der Waals surface area contributed by atoms with E-state index in [1.165, 1.54) is 0 Å². The van der Waals surface area contributed by atoms with Crippen molar-refractivity contribution in [1.29, 1.82) is 0 Å². The molecule has 0 atom stereocenters. The molecule has 14 heavy (non-hydrogen) atoms.